The second-order valence-electron chi connectivity index (χ2n) is 7.23. The summed E-state index contributed by atoms with van der Waals surface area (Å²) >= 11 is 0. The van der Waals surface area contributed by atoms with E-state index in [0.717, 1.165) is 24.3 Å². The first-order chi connectivity index (χ1) is 15.6. The van der Waals surface area contributed by atoms with Gasteiger partial charge in [-0.1, -0.05) is 0 Å². The topological polar surface area (TPSA) is 64.0 Å². The molecule has 0 fully saturated rings. The Morgan fingerprint density at radius 3 is 2.15 bits per heavy atom. The van der Waals surface area contributed by atoms with E-state index >= 15 is 0 Å². The van der Waals surface area contributed by atoms with E-state index in [1.54, 1.807) is 0 Å². The van der Waals surface area contributed by atoms with E-state index in [1.807, 2.05) is 0 Å². The molecule has 0 saturated carbocycles. The summed E-state index contributed by atoms with van der Waals surface area (Å²) in [6.07, 6.45) is -0.398. The molecule has 33 heavy (non-hydrogen) atoms. The van der Waals surface area contributed by atoms with Crippen LogP contribution in [0.5, 0.6) is 0 Å². The number of carbonyl (C=O) groups is 1. The molecule has 0 unspecified atom stereocenters. The quantitative estimate of drug-likeness (QED) is 0.359. The molecule has 0 atom stereocenters. The highest BCUT2D eigenvalue weighted by Gasteiger charge is 2.15. The summed E-state index contributed by atoms with van der Waals surface area (Å²) < 4.78 is 67.9. The second-order valence-corrected chi connectivity index (χ2v) is 7.23. The molecule has 1 amide bonds. The highest BCUT2D eigenvalue weighted by molar-refractivity contribution is 5.92. The van der Waals surface area contributed by atoms with Gasteiger partial charge in [0.15, 0.2) is 29.1 Å². The maximum absolute atomic E-state index is 13.6. The predicted molar refractivity (Wildman–Crippen MR) is 111 cm³/mol. The number of halogens is 5. The maximum atomic E-state index is 13.6. The fourth-order valence-electron chi connectivity index (χ4n) is 3.39. The molecule has 1 heterocycles. The van der Waals surface area contributed by atoms with Gasteiger partial charge in [-0.05, 0) is 55.0 Å². The number of hydrogen-bond acceptors (Lipinski definition) is 3. The summed E-state index contributed by atoms with van der Waals surface area (Å²) in [5.41, 5.74) is 0.0454. The van der Waals surface area contributed by atoms with E-state index in [2.05, 4.69) is 10.3 Å². The van der Waals surface area contributed by atoms with Crippen molar-refractivity contribution in [3.05, 3.63) is 99.4 Å². The van der Waals surface area contributed by atoms with Crippen LogP contribution in [-0.4, -0.2) is 15.5 Å². The second kappa shape index (κ2) is 8.45. The van der Waals surface area contributed by atoms with Gasteiger partial charge in [0.2, 0.25) is 5.91 Å². The number of hydrogen-bond donors (Lipinski definition) is 1. The van der Waals surface area contributed by atoms with Crippen LogP contribution in [0.15, 0.2) is 53.3 Å². The van der Waals surface area contributed by atoms with Gasteiger partial charge in [-0.25, -0.2) is 26.9 Å². The molecule has 4 aromatic rings. The summed E-state index contributed by atoms with van der Waals surface area (Å²) in [6.45, 7) is 1.53. The van der Waals surface area contributed by atoms with Crippen LogP contribution in [0.4, 0.5) is 27.6 Å². The van der Waals surface area contributed by atoms with E-state index < -0.39 is 47.0 Å². The third kappa shape index (κ3) is 4.32. The molecular weight excluding hydrogens is 445 g/mol. The zero-order valence-electron chi connectivity index (χ0n) is 16.9. The number of amides is 1. The molecule has 1 aromatic heterocycles. The number of carbonyl (C=O) groups excluding carboxylic acids is 1. The van der Waals surface area contributed by atoms with Crippen molar-refractivity contribution in [1.82, 2.24) is 9.55 Å². The van der Waals surface area contributed by atoms with Crippen LogP contribution < -0.4 is 10.9 Å². The van der Waals surface area contributed by atoms with Gasteiger partial charge in [-0.2, -0.15) is 0 Å². The largest absolute Gasteiger partial charge is 0.326 e. The van der Waals surface area contributed by atoms with Crippen LogP contribution in [0.1, 0.15) is 11.4 Å². The highest BCUT2D eigenvalue weighted by atomic mass is 19.2. The van der Waals surface area contributed by atoms with Crippen molar-refractivity contribution >= 4 is 22.5 Å². The molecule has 3 aromatic carbocycles. The summed E-state index contributed by atoms with van der Waals surface area (Å²) in [5.74, 6) is -7.06. The lowest BCUT2D eigenvalue weighted by atomic mass is 10.1. The van der Waals surface area contributed by atoms with Gasteiger partial charge in [0.05, 0.1) is 23.0 Å². The van der Waals surface area contributed by atoms with E-state index in [0.29, 0.717) is 11.4 Å². The fraction of sp³-hybridized carbons (Fsp3) is 0.0870. The van der Waals surface area contributed by atoms with Crippen LogP contribution in [0.3, 0.4) is 0 Å². The number of anilines is 1. The van der Waals surface area contributed by atoms with Gasteiger partial charge >= 0.3 is 0 Å². The van der Waals surface area contributed by atoms with E-state index in [1.165, 1.54) is 35.8 Å². The van der Waals surface area contributed by atoms with Crippen LogP contribution >= 0.6 is 0 Å². The Morgan fingerprint density at radius 1 is 0.909 bits per heavy atom. The zero-order chi connectivity index (χ0) is 23.9. The lowest BCUT2D eigenvalue weighted by Crippen LogP contribution is -2.22. The minimum Gasteiger partial charge on any atom is -0.326 e. The Kier molecular flexibility index (Phi) is 5.67. The third-order valence-corrected chi connectivity index (χ3v) is 4.90. The normalized spacial score (nSPS) is 11.1. The van der Waals surface area contributed by atoms with E-state index in [4.69, 9.17) is 0 Å². The Morgan fingerprint density at radius 2 is 1.52 bits per heavy atom. The van der Waals surface area contributed by atoms with E-state index in [9.17, 15) is 31.5 Å². The van der Waals surface area contributed by atoms with Gasteiger partial charge in [0.25, 0.3) is 5.56 Å². The van der Waals surface area contributed by atoms with Crippen LogP contribution in [0.2, 0.25) is 0 Å². The summed E-state index contributed by atoms with van der Waals surface area (Å²) in [6, 6.07) is 9.03. The number of aryl methyl sites for hydroxylation is 1. The number of aromatic nitrogens is 2. The van der Waals surface area contributed by atoms with Crippen LogP contribution in [0.25, 0.3) is 16.6 Å². The molecule has 0 saturated heterocycles. The Bertz CT molecular complexity index is 1440. The molecule has 4 rings (SSSR count). The predicted octanol–water partition coefficient (Wildman–Crippen LogP) is 4.57. The summed E-state index contributed by atoms with van der Waals surface area (Å²) in [5, 5.41) is 2.42. The molecule has 0 aliphatic carbocycles. The van der Waals surface area contributed by atoms with Gasteiger partial charge < -0.3 is 5.32 Å². The number of benzene rings is 3. The van der Waals surface area contributed by atoms with Crippen molar-refractivity contribution in [2.75, 3.05) is 5.32 Å². The molecule has 0 bridgehead atoms. The molecule has 0 aliphatic rings. The SMILES string of the molecule is Cc1nc2cc(F)c(F)cc2c(=O)n1-c1ccc(NC(=O)Cc2cc(F)c(F)c(F)c2)cc1. The number of rotatable bonds is 4. The zero-order valence-corrected chi connectivity index (χ0v) is 16.9. The Hall–Kier alpha value is -4.08. The molecule has 0 spiro atoms. The standard InChI is InChI=1S/C23H14F5N3O2/c1-11-29-20-10-17(25)16(24)9-15(20)23(33)31(11)14-4-2-13(3-5-14)30-21(32)8-12-6-18(26)22(28)19(27)7-12/h2-7,9-10H,8H2,1H3,(H,30,32). The smallest absolute Gasteiger partial charge is 0.266 e. The van der Waals surface area contributed by atoms with Crippen LogP contribution in [-0.2, 0) is 11.2 Å². The lowest BCUT2D eigenvalue weighted by Gasteiger charge is -2.12. The molecular formula is C23H14F5N3O2. The minimum atomic E-state index is -1.61. The van der Waals surface area contributed by atoms with Crippen LogP contribution in [0, 0.1) is 36.0 Å². The average molecular weight is 459 g/mol. The molecule has 5 nitrogen and oxygen atoms in total. The molecule has 1 N–H and O–H groups in total. The summed E-state index contributed by atoms with van der Waals surface area (Å²) in [7, 11) is 0. The first kappa shape index (κ1) is 22.1. The van der Waals surface area contributed by atoms with Crippen molar-refractivity contribution in [2.24, 2.45) is 0 Å². The van der Waals surface area contributed by atoms with E-state index in [-0.39, 0.29) is 22.3 Å². The first-order valence-corrected chi connectivity index (χ1v) is 9.56. The Balaban J connectivity index is 1.57. The van der Waals surface area contributed by atoms with Crippen molar-refractivity contribution < 1.29 is 26.7 Å². The number of nitrogens with one attached hydrogen (secondary N) is 1. The molecule has 10 heteroatoms. The van der Waals surface area contributed by atoms with Crippen molar-refractivity contribution in [2.45, 2.75) is 13.3 Å². The minimum absolute atomic E-state index is 0.0187. The fourth-order valence-corrected chi connectivity index (χ4v) is 3.39. The van der Waals surface area contributed by atoms with Gasteiger partial charge in [0, 0.05) is 11.8 Å². The molecule has 0 radical (unpaired) electrons. The monoisotopic (exact) mass is 459 g/mol. The molecule has 168 valence electrons. The van der Waals surface area contributed by atoms with Crippen molar-refractivity contribution in [3.8, 4) is 5.69 Å². The number of fused-ring (bicyclic) bond motifs is 1. The highest BCUT2D eigenvalue weighted by Crippen LogP contribution is 2.19. The number of nitrogens with zero attached hydrogens (tertiary/aromatic N) is 2. The van der Waals surface area contributed by atoms with Crippen molar-refractivity contribution in [3.63, 3.8) is 0 Å². The van der Waals surface area contributed by atoms with Gasteiger partial charge in [0.1, 0.15) is 5.82 Å². The van der Waals surface area contributed by atoms with Gasteiger partial charge in [-0.3, -0.25) is 14.2 Å². The first-order valence-electron chi connectivity index (χ1n) is 9.56. The van der Waals surface area contributed by atoms with Gasteiger partial charge in [-0.15, -0.1) is 0 Å². The average Bonchev–Trinajstić information content (AvgIpc) is 2.75. The third-order valence-electron chi connectivity index (χ3n) is 4.90. The lowest BCUT2D eigenvalue weighted by molar-refractivity contribution is -0.115. The summed E-state index contributed by atoms with van der Waals surface area (Å²) in [4.78, 5) is 29.2. The Labute approximate surface area is 183 Å². The maximum Gasteiger partial charge on any atom is 0.266 e. The molecule has 0 aliphatic heterocycles. The van der Waals surface area contributed by atoms with Crippen molar-refractivity contribution in [1.29, 1.82) is 0 Å².